The fourth-order valence-corrected chi connectivity index (χ4v) is 1.98. The van der Waals surface area contributed by atoms with Crippen molar-refractivity contribution in [2.45, 2.75) is 0 Å². The molecule has 0 aromatic heterocycles. The smallest absolute Gasteiger partial charge is 0.173 e. The molecule has 0 saturated carbocycles. The van der Waals surface area contributed by atoms with Gasteiger partial charge in [0, 0.05) is 9.13 Å². The first-order chi connectivity index (χ1) is 6.06. The Labute approximate surface area is 106 Å². The highest BCUT2D eigenvalue weighted by molar-refractivity contribution is 14.1. The maximum absolute atomic E-state index is 11.3. The number of benzene rings is 1. The number of rotatable bonds is 2. The van der Waals surface area contributed by atoms with Crippen molar-refractivity contribution >= 4 is 60.2 Å². The van der Waals surface area contributed by atoms with Gasteiger partial charge in [0.05, 0.1) is 9.80 Å². The van der Waals surface area contributed by atoms with Crippen LogP contribution in [-0.4, -0.2) is 16.2 Å². The van der Waals surface area contributed by atoms with E-state index in [0.717, 1.165) is 3.57 Å². The quantitative estimate of drug-likeness (QED) is 0.453. The van der Waals surface area contributed by atoms with Crippen LogP contribution in [0.4, 0.5) is 0 Å². The maximum atomic E-state index is 11.3. The van der Waals surface area contributed by atoms with E-state index < -0.39 is 0 Å². The lowest BCUT2D eigenvalue weighted by molar-refractivity contribution is 0.102. The van der Waals surface area contributed by atoms with E-state index in [0.29, 0.717) is 10.0 Å². The minimum atomic E-state index is -0.0410. The molecule has 0 saturated heterocycles. The third-order valence-corrected chi connectivity index (χ3v) is 4.39. The second kappa shape index (κ2) is 4.75. The largest absolute Gasteiger partial charge is 0.507 e. The van der Waals surface area contributed by atoms with Gasteiger partial charge in [0.2, 0.25) is 0 Å². The monoisotopic (exact) mass is 418 g/mol. The van der Waals surface area contributed by atoms with Gasteiger partial charge in [-0.3, -0.25) is 4.79 Å². The van der Waals surface area contributed by atoms with Crippen molar-refractivity contribution in [2.24, 2.45) is 0 Å². The van der Waals surface area contributed by atoms with Gasteiger partial charge in [0.25, 0.3) is 0 Å². The Morgan fingerprint density at radius 1 is 1.54 bits per heavy atom. The molecule has 0 fully saturated rings. The molecule has 0 heterocycles. The Balaban J connectivity index is 3.20. The summed E-state index contributed by atoms with van der Waals surface area (Å²) in [5.41, 5.74) is 0.516. The fourth-order valence-electron chi connectivity index (χ4n) is 0.813. The molecule has 0 aliphatic heterocycles. The molecule has 1 aromatic carbocycles. The van der Waals surface area contributed by atoms with E-state index in [2.05, 4.69) is 54.5 Å². The standard InChI is InChI=1S/C8H5Br2IO2/c9-3-7(13)4-1-5(11)8(10)6(12)2-4/h1-2,12H,3H2. The summed E-state index contributed by atoms with van der Waals surface area (Å²) < 4.78 is 1.45. The van der Waals surface area contributed by atoms with E-state index in [1.165, 1.54) is 6.07 Å². The van der Waals surface area contributed by atoms with Gasteiger partial charge in [0.15, 0.2) is 5.78 Å². The molecule has 1 aromatic rings. The van der Waals surface area contributed by atoms with Gasteiger partial charge in [-0.15, -0.1) is 0 Å². The van der Waals surface area contributed by atoms with E-state index in [-0.39, 0.29) is 16.9 Å². The summed E-state index contributed by atoms with van der Waals surface area (Å²) >= 11 is 8.33. The third-order valence-electron chi connectivity index (χ3n) is 1.45. The molecule has 0 aliphatic rings. The van der Waals surface area contributed by atoms with Crippen LogP contribution >= 0.6 is 54.5 Å². The van der Waals surface area contributed by atoms with Crippen LogP contribution in [0, 0.1) is 3.57 Å². The van der Waals surface area contributed by atoms with Gasteiger partial charge in [0.1, 0.15) is 5.75 Å². The van der Waals surface area contributed by atoms with Crippen LogP contribution in [0.25, 0.3) is 0 Å². The molecule has 0 atom stereocenters. The van der Waals surface area contributed by atoms with Crippen molar-refractivity contribution in [3.8, 4) is 5.75 Å². The summed E-state index contributed by atoms with van der Waals surface area (Å²) in [4.78, 5) is 11.3. The normalized spacial score (nSPS) is 10.1. The minimum Gasteiger partial charge on any atom is -0.507 e. The van der Waals surface area contributed by atoms with Gasteiger partial charge < -0.3 is 5.11 Å². The number of alkyl halides is 1. The summed E-state index contributed by atoms with van der Waals surface area (Å²) in [6, 6.07) is 3.18. The van der Waals surface area contributed by atoms with Crippen molar-refractivity contribution in [2.75, 3.05) is 5.33 Å². The number of halogens is 3. The number of hydrogen-bond donors (Lipinski definition) is 1. The van der Waals surface area contributed by atoms with Crippen LogP contribution in [0.3, 0.4) is 0 Å². The molecule has 0 spiro atoms. The molecule has 13 heavy (non-hydrogen) atoms. The number of phenols is 1. The number of carbonyl (C=O) groups is 1. The van der Waals surface area contributed by atoms with Crippen molar-refractivity contribution < 1.29 is 9.90 Å². The van der Waals surface area contributed by atoms with Crippen LogP contribution in [0.2, 0.25) is 0 Å². The van der Waals surface area contributed by atoms with Gasteiger partial charge >= 0.3 is 0 Å². The topological polar surface area (TPSA) is 37.3 Å². The average Bonchev–Trinajstić information content (AvgIpc) is 2.12. The molecule has 0 bridgehead atoms. The zero-order chi connectivity index (χ0) is 10.0. The maximum Gasteiger partial charge on any atom is 0.173 e. The summed E-state index contributed by atoms with van der Waals surface area (Å²) in [5.74, 6) is 0.0527. The van der Waals surface area contributed by atoms with Gasteiger partial charge in [-0.1, -0.05) is 15.9 Å². The van der Waals surface area contributed by atoms with Crippen LogP contribution < -0.4 is 0 Å². The van der Waals surface area contributed by atoms with E-state index in [9.17, 15) is 9.90 Å². The van der Waals surface area contributed by atoms with Crippen molar-refractivity contribution in [1.82, 2.24) is 0 Å². The molecule has 0 amide bonds. The minimum absolute atomic E-state index is 0.0410. The zero-order valence-electron chi connectivity index (χ0n) is 6.35. The molecule has 70 valence electrons. The lowest BCUT2D eigenvalue weighted by Crippen LogP contribution is -2.00. The summed E-state index contributed by atoms with van der Waals surface area (Å²) in [6.07, 6.45) is 0. The van der Waals surface area contributed by atoms with Crippen LogP contribution in [-0.2, 0) is 0 Å². The van der Waals surface area contributed by atoms with Gasteiger partial charge in [-0.25, -0.2) is 0 Å². The number of hydrogen-bond acceptors (Lipinski definition) is 2. The second-order valence-corrected chi connectivity index (χ2v) is 4.86. The predicted molar refractivity (Wildman–Crippen MR) is 66.6 cm³/mol. The van der Waals surface area contributed by atoms with Crippen LogP contribution in [0.15, 0.2) is 16.6 Å². The predicted octanol–water partition coefficient (Wildman–Crippen LogP) is 3.34. The fraction of sp³-hybridized carbons (Fsp3) is 0.125. The second-order valence-electron chi connectivity index (χ2n) is 2.35. The Bertz CT molecular complexity index is 329. The Morgan fingerprint density at radius 2 is 2.15 bits per heavy atom. The average molecular weight is 420 g/mol. The van der Waals surface area contributed by atoms with Gasteiger partial charge in [-0.05, 0) is 50.7 Å². The number of aromatic hydroxyl groups is 1. The lowest BCUT2D eigenvalue weighted by atomic mass is 10.1. The van der Waals surface area contributed by atoms with Crippen molar-refractivity contribution in [3.05, 3.63) is 25.7 Å². The first kappa shape index (κ1) is 11.5. The number of Topliss-reactive ketones (excluding diaryl/α,β-unsaturated/α-hetero) is 1. The summed E-state index contributed by atoms with van der Waals surface area (Å²) in [5, 5.41) is 9.67. The van der Waals surface area contributed by atoms with Crippen LogP contribution in [0.5, 0.6) is 5.75 Å². The number of ketones is 1. The highest BCUT2D eigenvalue weighted by Gasteiger charge is 2.10. The first-order valence-electron chi connectivity index (χ1n) is 3.33. The molecule has 2 nitrogen and oxygen atoms in total. The molecular weight excluding hydrogens is 415 g/mol. The van der Waals surface area contributed by atoms with E-state index in [4.69, 9.17) is 0 Å². The third kappa shape index (κ3) is 2.66. The Morgan fingerprint density at radius 3 is 2.62 bits per heavy atom. The lowest BCUT2D eigenvalue weighted by Gasteiger charge is -2.03. The molecule has 5 heteroatoms. The summed E-state index contributed by atoms with van der Waals surface area (Å²) in [6.45, 7) is 0. The molecular formula is C8H5Br2IO2. The van der Waals surface area contributed by atoms with E-state index in [1.807, 2.05) is 0 Å². The van der Waals surface area contributed by atoms with Crippen molar-refractivity contribution in [1.29, 1.82) is 0 Å². The number of phenolic OH excluding ortho intramolecular Hbond substituents is 1. The Kier molecular flexibility index (Phi) is 4.18. The number of carbonyl (C=O) groups excluding carboxylic acids is 1. The highest BCUT2D eigenvalue weighted by Crippen LogP contribution is 2.30. The molecule has 1 N–H and O–H groups in total. The highest BCUT2D eigenvalue weighted by atomic mass is 127. The molecule has 0 unspecified atom stereocenters. The molecule has 1 rings (SSSR count). The Hall–Kier alpha value is 0.380. The van der Waals surface area contributed by atoms with E-state index >= 15 is 0 Å². The SMILES string of the molecule is O=C(CBr)c1cc(O)c(Br)c(I)c1. The van der Waals surface area contributed by atoms with Gasteiger partial charge in [-0.2, -0.15) is 0 Å². The zero-order valence-corrected chi connectivity index (χ0v) is 11.7. The van der Waals surface area contributed by atoms with E-state index in [1.54, 1.807) is 6.07 Å². The van der Waals surface area contributed by atoms with Crippen molar-refractivity contribution in [3.63, 3.8) is 0 Å². The first-order valence-corrected chi connectivity index (χ1v) is 6.32. The molecule has 0 radical (unpaired) electrons. The molecule has 0 aliphatic carbocycles. The van der Waals surface area contributed by atoms with Crippen LogP contribution in [0.1, 0.15) is 10.4 Å². The summed E-state index contributed by atoms with van der Waals surface area (Å²) in [7, 11) is 0.